The van der Waals surface area contributed by atoms with Crippen molar-refractivity contribution in [3.63, 3.8) is 0 Å². The van der Waals surface area contributed by atoms with Gasteiger partial charge in [-0.25, -0.2) is 4.98 Å². The summed E-state index contributed by atoms with van der Waals surface area (Å²) in [6.45, 7) is 0.243. The topological polar surface area (TPSA) is 114 Å². The van der Waals surface area contributed by atoms with Gasteiger partial charge in [0.15, 0.2) is 5.13 Å². The number of anilines is 1. The van der Waals surface area contributed by atoms with Gasteiger partial charge in [0.05, 0.1) is 38.1 Å². The molecule has 3 rings (SSSR count). The number of benzene rings is 1. The number of methoxy groups -OCH3 is 1. The van der Waals surface area contributed by atoms with Crippen molar-refractivity contribution in [1.29, 1.82) is 0 Å². The Labute approximate surface area is 165 Å². The van der Waals surface area contributed by atoms with Crippen LogP contribution in [0, 0.1) is 0 Å². The molecule has 0 aliphatic rings. The van der Waals surface area contributed by atoms with E-state index in [9.17, 15) is 9.59 Å². The molecule has 2 aromatic heterocycles. The number of thiazole rings is 1. The van der Waals surface area contributed by atoms with Crippen LogP contribution in [0.3, 0.4) is 0 Å². The van der Waals surface area contributed by atoms with Gasteiger partial charge in [0.2, 0.25) is 5.91 Å². The van der Waals surface area contributed by atoms with Crippen LogP contribution in [-0.4, -0.2) is 35.1 Å². The number of amides is 1. The van der Waals surface area contributed by atoms with Gasteiger partial charge in [-0.3, -0.25) is 14.9 Å². The Balaban J connectivity index is 1.65. The molecule has 3 N–H and O–H groups in total. The van der Waals surface area contributed by atoms with Crippen LogP contribution in [-0.2, 0) is 16.1 Å². The average Bonchev–Trinajstić information content (AvgIpc) is 3.37. The minimum atomic E-state index is -1.08. The maximum Gasteiger partial charge on any atom is 0.305 e. The summed E-state index contributed by atoms with van der Waals surface area (Å²) in [6, 6.07) is 9.94. The van der Waals surface area contributed by atoms with Crippen LogP contribution in [0.4, 0.5) is 5.13 Å². The van der Waals surface area contributed by atoms with E-state index in [1.165, 1.54) is 17.6 Å². The first-order valence-electron chi connectivity index (χ1n) is 8.43. The molecule has 2 heterocycles. The lowest BCUT2D eigenvalue weighted by Crippen LogP contribution is -2.41. The smallest absolute Gasteiger partial charge is 0.305 e. The summed E-state index contributed by atoms with van der Waals surface area (Å²) in [5, 5.41) is 16.9. The van der Waals surface area contributed by atoms with Crippen LogP contribution >= 0.6 is 11.3 Å². The molecule has 0 aliphatic heterocycles. The Morgan fingerprint density at radius 1 is 1.29 bits per heavy atom. The minimum Gasteiger partial charge on any atom is -0.497 e. The summed E-state index contributed by atoms with van der Waals surface area (Å²) >= 11 is 1.27. The summed E-state index contributed by atoms with van der Waals surface area (Å²) in [5.74, 6) is -0.194. The highest BCUT2D eigenvalue weighted by Gasteiger charge is 2.22. The largest absolute Gasteiger partial charge is 0.497 e. The zero-order valence-corrected chi connectivity index (χ0v) is 15.9. The Bertz CT molecular complexity index is 921. The summed E-state index contributed by atoms with van der Waals surface area (Å²) in [5.41, 5.74) is 1.59. The van der Waals surface area contributed by atoms with E-state index in [2.05, 4.69) is 15.6 Å². The molecule has 0 saturated carbocycles. The first-order valence-corrected chi connectivity index (χ1v) is 9.31. The van der Waals surface area contributed by atoms with E-state index in [1.807, 2.05) is 29.6 Å². The van der Waals surface area contributed by atoms with Crippen LogP contribution < -0.4 is 15.4 Å². The van der Waals surface area contributed by atoms with Gasteiger partial charge in [0.25, 0.3) is 0 Å². The van der Waals surface area contributed by atoms with Crippen molar-refractivity contribution in [3.8, 4) is 17.0 Å². The number of rotatable bonds is 9. The van der Waals surface area contributed by atoms with E-state index in [1.54, 1.807) is 19.2 Å². The molecule has 28 heavy (non-hydrogen) atoms. The van der Waals surface area contributed by atoms with Gasteiger partial charge in [-0.2, -0.15) is 0 Å². The van der Waals surface area contributed by atoms with Crippen molar-refractivity contribution < 1.29 is 23.8 Å². The number of carbonyl (C=O) groups excluding carboxylic acids is 1. The molecule has 1 amide bonds. The van der Waals surface area contributed by atoms with Crippen molar-refractivity contribution in [1.82, 2.24) is 10.3 Å². The molecule has 0 radical (unpaired) electrons. The summed E-state index contributed by atoms with van der Waals surface area (Å²) in [7, 11) is 1.60. The second kappa shape index (κ2) is 9.16. The van der Waals surface area contributed by atoms with Crippen molar-refractivity contribution in [2.24, 2.45) is 0 Å². The maximum atomic E-state index is 12.5. The number of carboxylic acids is 1. The minimum absolute atomic E-state index is 0.243. The summed E-state index contributed by atoms with van der Waals surface area (Å²) < 4.78 is 10.3. The fourth-order valence-electron chi connectivity index (χ4n) is 2.49. The van der Waals surface area contributed by atoms with Crippen molar-refractivity contribution in [3.05, 3.63) is 53.8 Å². The van der Waals surface area contributed by atoms with Crippen LogP contribution in [0.5, 0.6) is 5.75 Å². The first kappa shape index (κ1) is 19.6. The Hall–Kier alpha value is -3.17. The lowest BCUT2D eigenvalue weighted by molar-refractivity contribution is -0.139. The van der Waals surface area contributed by atoms with Gasteiger partial charge in [-0.15, -0.1) is 11.3 Å². The van der Waals surface area contributed by atoms with E-state index in [0.717, 1.165) is 11.3 Å². The summed E-state index contributed by atoms with van der Waals surface area (Å²) in [6.07, 6.45) is 1.16. The standard InChI is InChI=1S/C19H19N3O5S/c1-26-13-6-4-12(5-7-13)16-11-28-19(21-16)22-18(25)15(9-17(23)24)20-10-14-3-2-8-27-14/h2-8,11,15,20H,9-10H2,1H3,(H,23,24)(H,21,22,25). The Morgan fingerprint density at radius 3 is 2.71 bits per heavy atom. The van der Waals surface area contributed by atoms with Gasteiger partial charge in [-0.05, 0) is 36.4 Å². The molecule has 0 spiro atoms. The maximum absolute atomic E-state index is 12.5. The van der Waals surface area contributed by atoms with Gasteiger partial charge in [0, 0.05) is 10.9 Å². The number of aromatic nitrogens is 1. The average molecular weight is 401 g/mol. The molecule has 1 aromatic carbocycles. The third-order valence-corrected chi connectivity index (χ3v) is 4.68. The Kier molecular flexibility index (Phi) is 6.41. The highest BCUT2D eigenvalue weighted by Crippen LogP contribution is 2.26. The number of hydrogen-bond donors (Lipinski definition) is 3. The van der Waals surface area contributed by atoms with Crippen molar-refractivity contribution >= 4 is 28.3 Å². The zero-order chi connectivity index (χ0) is 19.9. The fourth-order valence-corrected chi connectivity index (χ4v) is 3.21. The molecule has 1 unspecified atom stereocenters. The second-order valence-electron chi connectivity index (χ2n) is 5.87. The molecule has 1 atom stereocenters. The molecule has 3 aromatic rings. The van der Waals surface area contributed by atoms with E-state index in [0.29, 0.717) is 16.6 Å². The van der Waals surface area contributed by atoms with Crippen LogP contribution in [0.2, 0.25) is 0 Å². The van der Waals surface area contributed by atoms with E-state index in [-0.39, 0.29) is 13.0 Å². The van der Waals surface area contributed by atoms with E-state index < -0.39 is 17.9 Å². The van der Waals surface area contributed by atoms with Crippen LogP contribution in [0.1, 0.15) is 12.2 Å². The highest BCUT2D eigenvalue weighted by molar-refractivity contribution is 7.14. The second-order valence-corrected chi connectivity index (χ2v) is 6.72. The SMILES string of the molecule is COc1ccc(-c2csc(NC(=O)C(CC(=O)O)NCc3ccco3)n2)cc1. The van der Waals surface area contributed by atoms with E-state index in [4.69, 9.17) is 14.3 Å². The molecule has 0 saturated heterocycles. The number of aliphatic carboxylic acids is 1. The molecule has 9 heteroatoms. The number of ether oxygens (including phenoxy) is 1. The van der Waals surface area contributed by atoms with E-state index >= 15 is 0 Å². The molecule has 0 bridgehead atoms. The zero-order valence-electron chi connectivity index (χ0n) is 15.0. The molecule has 8 nitrogen and oxygen atoms in total. The number of furan rings is 1. The summed E-state index contributed by atoms with van der Waals surface area (Å²) in [4.78, 5) is 28.0. The normalized spacial score (nSPS) is 11.8. The van der Waals surface area contributed by atoms with Gasteiger partial charge >= 0.3 is 5.97 Å². The van der Waals surface area contributed by atoms with Crippen LogP contribution in [0.15, 0.2) is 52.5 Å². The first-order chi connectivity index (χ1) is 13.5. The number of hydrogen-bond acceptors (Lipinski definition) is 7. The lowest BCUT2D eigenvalue weighted by Gasteiger charge is -2.15. The number of carbonyl (C=O) groups is 2. The fraction of sp³-hybridized carbons (Fsp3) is 0.211. The molecular weight excluding hydrogens is 382 g/mol. The third-order valence-electron chi connectivity index (χ3n) is 3.92. The van der Waals surface area contributed by atoms with Crippen LogP contribution in [0.25, 0.3) is 11.3 Å². The third kappa shape index (κ3) is 5.18. The monoisotopic (exact) mass is 401 g/mol. The Morgan fingerprint density at radius 2 is 2.07 bits per heavy atom. The van der Waals surface area contributed by atoms with Gasteiger partial charge in [-0.1, -0.05) is 0 Å². The number of nitrogens with zero attached hydrogens (tertiary/aromatic N) is 1. The quantitative estimate of drug-likeness (QED) is 0.505. The van der Waals surface area contributed by atoms with Gasteiger partial charge < -0.3 is 19.6 Å². The molecular formula is C19H19N3O5S. The number of carboxylic acid groups (broad SMARTS) is 1. The molecule has 0 aliphatic carbocycles. The predicted molar refractivity (Wildman–Crippen MR) is 104 cm³/mol. The predicted octanol–water partition coefficient (Wildman–Crippen LogP) is 2.98. The lowest BCUT2D eigenvalue weighted by atomic mass is 10.2. The molecule has 146 valence electrons. The van der Waals surface area contributed by atoms with Crippen molar-refractivity contribution in [2.75, 3.05) is 12.4 Å². The van der Waals surface area contributed by atoms with Gasteiger partial charge in [0.1, 0.15) is 11.5 Å². The highest BCUT2D eigenvalue weighted by atomic mass is 32.1. The van der Waals surface area contributed by atoms with Crippen molar-refractivity contribution in [2.45, 2.75) is 19.0 Å². The number of nitrogens with one attached hydrogen (secondary N) is 2. The molecule has 0 fully saturated rings.